The Morgan fingerprint density at radius 1 is 1.22 bits per heavy atom. The Hall–Kier alpha value is -2.69. The number of esters is 1. The van der Waals surface area contributed by atoms with Crippen LogP contribution in [0.5, 0.6) is 0 Å². The fourth-order valence-corrected chi connectivity index (χ4v) is 2.88. The van der Waals surface area contributed by atoms with Gasteiger partial charge in [0.2, 0.25) is 0 Å². The first-order chi connectivity index (χ1) is 11.0. The van der Waals surface area contributed by atoms with E-state index >= 15 is 0 Å². The average Bonchev–Trinajstić information content (AvgIpc) is 2.65. The summed E-state index contributed by atoms with van der Waals surface area (Å²) in [5, 5.41) is 2.66. The van der Waals surface area contributed by atoms with Crippen molar-refractivity contribution in [2.24, 2.45) is 0 Å². The van der Waals surface area contributed by atoms with E-state index in [4.69, 9.17) is 4.74 Å². The van der Waals surface area contributed by atoms with Crippen LogP contribution in [0.4, 0.5) is 10.1 Å². The summed E-state index contributed by atoms with van der Waals surface area (Å²) in [6.45, 7) is 1.27. The van der Waals surface area contributed by atoms with E-state index in [0.29, 0.717) is 12.1 Å². The van der Waals surface area contributed by atoms with E-state index in [0.717, 1.165) is 11.1 Å². The molecule has 2 aromatic carbocycles. The van der Waals surface area contributed by atoms with Crippen molar-refractivity contribution >= 4 is 17.6 Å². The Bertz CT molecular complexity index is 745. The molecule has 4 nitrogen and oxygen atoms in total. The topological polar surface area (TPSA) is 55.4 Å². The molecule has 1 heterocycles. The molecule has 2 aromatic rings. The highest BCUT2D eigenvalue weighted by molar-refractivity contribution is 5.97. The highest BCUT2D eigenvalue weighted by Gasteiger charge is 2.36. The number of carbonyl (C=O) groups is 2. The molecule has 0 fully saturated rings. The first-order valence-electron chi connectivity index (χ1n) is 7.36. The van der Waals surface area contributed by atoms with Crippen molar-refractivity contribution in [2.75, 3.05) is 5.32 Å². The van der Waals surface area contributed by atoms with Gasteiger partial charge in [-0.05, 0) is 29.7 Å². The highest BCUT2D eigenvalue weighted by Crippen LogP contribution is 2.33. The van der Waals surface area contributed by atoms with Gasteiger partial charge in [-0.2, -0.15) is 0 Å². The van der Waals surface area contributed by atoms with Crippen molar-refractivity contribution in [3.8, 4) is 0 Å². The first kappa shape index (κ1) is 15.2. The maximum absolute atomic E-state index is 13.4. The molecule has 0 saturated heterocycles. The number of anilines is 1. The molecule has 5 heteroatoms. The van der Waals surface area contributed by atoms with Gasteiger partial charge in [-0.3, -0.25) is 9.59 Å². The van der Waals surface area contributed by atoms with Crippen LogP contribution in [0.1, 0.15) is 24.0 Å². The molecule has 1 aliphatic rings. The summed E-state index contributed by atoms with van der Waals surface area (Å²) in [7, 11) is 0. The number of carbonyl (C=O) groups excluding carboxylic acids is 2. The van der Waals surface area contributed by atoms with Gasteiger partial charge in [0.25, 0.3) is 5.91 Å². The van der Waals surface area contributed by atoms with Crippen molar-refractivity contribution in [1.82, 2.24) is 0 Å². The average molecular weight is 313 g/mol. The summed E-state index contributed by atoms with van der Waals surface area (Å²) in [6, 6.07) is 13.7. The molecule has 1 N–H and O–H groups in total. The van der Waals surface area contributed by atoms with Crippen molar-refractivity contribution in [3.63, 3.8) is 0 Å². The molecule has 0 saturated carbocycles. The van der Waals surface area contributed by atoms with E-state index in [2.05, 4.69) is 5.32 Å². The molecule has 1 aliphatic heterocycles. The van der Waals surface area contributed by atoms with Crippen molar-refractivity contribution in [2.45, 2.75) is 25.4 Å². The molecule has 0 aliphatic carbocycles. The van der Waals surface area contributed by atoms with Crippen LogP contribution in [0.3, 0.4) is 0 Å². The lowest BCUT2D eigenvalue weighted by atomic mass is 9.87. The maximum atomic E-state index is 13.4. The fourth-order valence-electron chi connectivity index (χ4n) is 2.88. The Morgan fingerprint density at radius 2 is 1.96 bits per heavy atom. The minimum Gasteiger partial charge on any atom is -0.452 e. The molecule has 2 atom stereocenters. The van der Waals surface area contributed by atoms with Crippen LogP contribution in [-0.4, -0.2) is 18.0 Å². The van der Waals surface area contributed by atoms with E-state index in [1.54, 1.807) is 6.07 Å². The maximum Gasteiger partial charge on any atom is 0.303 e. The van der Waals surface area contributed by atoms with Crippen molar-refractivity contribution in [3.05, 3.63) is 65.5 Å². The summed E-state index contributed by atoms with van der Waals surface area (Å²) < 4.78 is 18.7. The molecule has 2 unspecified atom stereocenters. The second kappa shape index (κ2) is 6.20. The molecule has 0 aromatic heterocycles. The van der Waals surface area contributed by atoms with E-state index in [-0.39, 0.29) is 5.92 Å². The van der Waals surface area contributed by atoms with Gasteiger partial charge in [0.05, 0.1) is 0 Å². The van der Waals surface area contributed by atoms with Gasteiger partial charge in [-0.25, -0.2) is 4.39 Å². The highest BCUT2D eigenvalue weighted by atomic mass is 19.1. The lowest BCUT2D eigenvalue weighted by Crippen LogP contribution is -2.36. The summed E-state index contributed by atoms with van der Waals surface area (Å²) in [5.41, 5.74) is 2.12. The third kappa shape index (κ3) is 3.23. The predicted molar refractivity (Wildman–Crippen MR) is 83.5 cm³/mol. The summed E-state index contributed by atoms with van der Waals surface area (Å²) >= 11 is 0. The zero-order valence-electron chi connectivity index (χ0n) is 12.6. The number of rotatable bonds is 2. The largest absolute Gasteiger partial charge is 0.452 e. The van der Waals surface area contributed by atoms with Crippen LogP contribution in [-0.2, 0) is 20.7 Å². The molecule has 0 spiro atoms. The third-order valence-corrected chi connectivity index (χ3v) is 3.91. The number of fused-ring (bicyclic) bond motifs is 1. The van der Waals surface area contributed by atoms with Gasteiger partial charge < -0.3 is 10.1 Å². The second-order valence-electron chi connectivity index (χ2n) is 5.54. The Labute approximate surface area is 133 Å². The zero-order valence-corrected chi connectivity index (χ0v) is 12.6. The number of amides is 1. The van der Waals surface area contributed by atoms with E-state index in [1.165, 1.54) is 19.1 Å². The quantitative estimate of drug-likeness (QED) is 0.867. The zero-order chi connectivity index (χ0) is 16.4. The number of hydrogen-bond acceptors (Lipinski definition) is 3. The van der Waals surface area contributed by atoms with Gasteiger partial charge >= 0.3 is 5.97 Å². The minimum atomic E-state index is -0.953. The molecule has 1 amide bonds. The van der Waals surface area contributed by atoms with Crippen LogP contribution in [0, 0.1) is 5.82 Å². The monoisotopic (exact) mass is 313 g/mol. The molecular weight excluding hydrogens is 297 g/mol. The van der Waals surface area contributed by atoms with Crippen molar-refractivity contribution in [1.29, 1.82) is 0 Å². The second-order valence-corrected chi connectivity index (χ2v) is 5.54. The predicted octanol–water partition coefficient (Wildman–Crippen LogP) is 3.04. The Morgan fingerprint density at radius 3 is 2.65 bits per heavy atom. The smallest absolute Gasteiger partial charge is 0.303 e. The number of halogens is 1. The van der Waals surface area contributed by atoms with Crippen LogP contribution >= 0.6 is 0 Å². The van der Waals surface area contributed by atoms with Crippen LogP contribution in [0.25, 0.3) is 0 Å². The Kier molecular flexibility index (Phi) is 4.10. The molecule has 118 valence electrons. The van der Waals surface area contributed by atoms with Crippen LogP contribution in [0.2, 0.25) is 0 Å². The fraction of sp³-hybridized carbons (Fsp3) is 0.222. The number of hydrogen-bond donors (Lipinski definition) is 1. The first-order valence-corrected chi connectivity index (χ1v) is 7.36. The Balaban J connectivity index is 2.05. The van der Waals surface area contributed by atoms with E-state index < -0.39 is 23.8 Å². The molecule has 0 bridgehead atoms. The van der Waals surface area contributed by atoms with Gasteiger partial charge in [0.1, 0.15) is 5.82 Å². The number of ether oxygens (including phenoxy) is 1. The summed E-state index contributed by atoms with van der Waals surface area (Å²) in [4.78, 5) is 23.9. The van der Waals surface area contributed by atoms with Gasteiger partial charge in [0, 0.05) is 18.5 Å². The van der Waals surface area contributed by atoms with Crippen LogP contribution < -0.4 is 5.32 Å². The van der Waals surface area contributed by atoms with Gasteiger partial charge in [-0.1, -0.05) is 36.4 Å². The number of nitrogens with one attached hydrogen (secondary N) is 1. The standard InChI is InChI=1S/C18H16FNO3/c1-11(21)23-17-15(12-5-3-2-4-6-12)9-13-7-8-14(19)10-16(13)20-18(17)22/h2-8,10,15,17H,9H2,1H3,(H,20,22). The third-order valence-electron chi connectivity index (χ3n) is 3.91. The molecular formula is C18H16FNO3. The molecule has 3 rings (SSSR count). The van der Waals surface area contributed by atoms with Crippen LogP contribution in [0.15, 0.2) is 48.5 Å². The molecule has 0 radical (unpaired) electrons. The lowest BCUT2D eigenvalue weighted by Gasteiger charge is -2.23. The van der Waals surface area contributed by atoms with E-state index in [1.807, 2.05) is 30.3 Å². The lowest BCUT2D eigenvalue weighted by molar-refractivity contribution is -0.153. The molecule has 23 heavy (non-hydrogen) atoms. The van der Waals surface area contributed by atoms with Gasteiger partial charge in [0.15, 0.2) is 6.10 Å². The van der Waals surface area contributed by atoms with Gasteiger partial charge in [-0.15, -0.1) is 0 Å². The normalized spacial score (nSPS) is 20.2. The van der Waals surface area contributed by atoms with Crippen molar-refractivity contribution < 1.29 is 18.7 Å². The SMILES string of the molecule is CC(=O)OC1C(=O)Nc2cc(F)ccc2CC1c1ccccc1. The minimum absolute atomic E-state index is 0.327. The number of benzene rings is 2. The summed E-state index contributed by atoms with van der Waals surface area (Å²) in [6.07, 6.45) is -0.485. The summed E-state index contributed by atoms with van der Waals surface area (Å²) in [5.74, 6) is -1.72. The van der Waals surface area contributed by atoms with E-state index in [9.17, 15) is 14.0 Å².